The van der Waals surface area contributed by atoms with Gasteiger partial charge in [0.2, 0.25) is 10.0 Å². The van der Waals surface area contributed by atoms with Crippen LogP contribution in [0, 0.1) is 6.92 Å². The Bertz CT molecular complexity index is 859. The van der Waals surface area contributed by atoms with Crippen molar-refractivity contribution in [3.05, 3.63) is 71.8 Å². The standard InChI is InChI=1S/C19H21NO4S/c1-14-9-11-15(12-10-14)25(21,22)20-19(18-8-5-13-24-18)16-6-3-4-7-17(16)23-2/h3-12,18-20H,13H2,1-2H3/t18-,19+/m1/s1. The van der Waals surface area contributed by atoms with Crippen LogP contribution in [0.15, 0.2) is 65.6 Å². The highest BCUT2D eigenvalue weighted by Crippen LogP contribution is 2.31. The molecule has 0 amide bonds. The number of para-hydroxylation sites is 1. The Kier molecular flexibility index (Phi) is 5.22. The molecular formula is C19H21NO4S. The Balaban J connectivity index is 1.98. The third-order valence-corrected chi connectivity index (χ3v) is 5.58. The maximum absolute atomic E-state index is 12.9. The Labute approximate surface area is 148 Å². The van der Waals surface area contributed by atoms with Gasteiger partial charge in [0.05, 0.1) is 30.8 Å². The third-order valence-electron chi connectivity index (χ3n) is 4.13. The molecule has 2 aromatic rings. The van der Waals surface area contributed by atoms with E-state index in [4.69, 9.17) is 9.47 Å². The Morgan fingerprint density at radius 1 is 1.16 bits per heavy atom. The second-order valence-corrected chi connectivity index (χ2v) is 7.59. The van der Waals surface area contributed by atoms with Gasteiger partial charge in [-0.2, -0.15) is 0 Å². The maximum Gasteiger partial charge on any atom is 0.241 e. The van der Waals surface area contributed by atoms with Crippen molar-refractivity contribution in [1.82, 2.24) is 4.72 Å². The minimum atomic E-state index is -3.71. The molecule has 1 aliphatic rings. The number of hydrogen-bond donors (Lipinski definition) is 1. The molecule has 0 radical (unpaired) electrons. The van der Waals surface area contributed by atoms with Crippen LogP contribution in [0.4, 0.5) is 0 Å². The van der Waals surface area contributed by atoms with Gasteiger partial charge in [0.15, 0.2) is 0 Å². The fourth-order valence-electron chi connectivity index (χ4n) is 2.80. The lowest BCUT2D eigenvalue weighted by atomic mass is 10.0. The largest absolute Gasteiger partial charge is 0.496 e. The topological polar surface area (TPSA) is 64.6 Å². The zero-order chi connectivity index (χ0) is 17.9. The summed E-state index contributed by atoms with van der Waals surface area (Å²) >= 11 is 0. The van der Waals surface area contributed by atoms with Crippen molar-refractivity contribution in [1.29, 1.82) is 0 Å². The highest BCUT2D eigenvalue weighted by Gasteiger charge is 2.31. The fourth-order valence-corrected chi connectivity index (χ4v) is 4.03. The van der Waals surface area contributed by atoms with Crippen molar-refractivity contribution in [3.8, 4) is 5.75 Å². The number of benzene rings is 2. The molecule has 0 saturated heterocycles. The summed E-state index contributed by atoms with van der Waals surface area (Å²) < 4.78 is 39.6. The van der Waals surface area contributed by atoms with Crippen LogP contribution in [0.25, 0.3) is 0 Å². The summed E-state index contributed by atoms with van der Waals surface area (Å²) in [5.74, 6) is 0.614. The quantitative estimate of drug-likeness (QED) is 0.806. The molecule has 3 rings (SSSR count). The molecule has 6 heteroatoms. The van der Waals surface area contributed by atoms with Crippen LogP contribution in [-0.2, 0) is 14.8 Å². The number of ether oxygens (including phenoxy) is 2. The van der Waals surface area contributed by atoms with Crippen LogP contribution in [0.3, 0.4) is 0 Å². The normalized spacial score (nSPS) is 18.2. The van der Waals surface area contributed by atoms with Crippen LogP contribution in [0.2, 0.25) is 0 Å². The maximum atomic E-state index is 12.9. The molecule has 0 saturated carbocycles. The van der Waals surface area contributed by atoms with E-state index < -0.39 is 22.2 Å². The number of methoxy groups -OCH3 is 1. The van der Waals surface area contributed by atoms with E-state index in [0.717, 1.165) is 11.1 Å². The molecule has 5 nitrogen and oxygen atoms in total. The lowest BCUT2D eigenvalue weighted by Gasteiger charge is -2.25. The molecule has 0 unspecified atom stereocenters. The number of rotatable bonds is 6. The average Bonchev–Trinajstić information content (AvgIpc) is 3.14. The molecule has 25 heavy (non-hydrogen) atoms. The molecule has 1 aliphatic heterocycles. The molecule has 0 spiro atoms. The van der Waals surface area contributed by atoms with E-state index in [-0.39, 0.29) is 4.90 Å². The molecule has 0 aliphatic carbocycles. The van der Waals surface area contributed by atoms with Gasteiger partial charge in [-0.15, -0.1) is 0 Å². The second-order valence-electron chi connectivity index (χ2n) is 5.88. The van der Waals surface area contributed by atoms with Gasteiger partial charge in [0.25, 0.3) is 0 Å². The van der Waals surface area contributed by atoms with E-state index in [1.165, 1.54) is 0 Å². The van der Waals surface area contributed by atoms with Gasteiger partial charge in [-0.25, -0.2) is 13.1 Å². The van der Waals surface area contributed by atoms with Crippen LogP contribution in [0.5, 0.6) is 5.75 Å². The van der Waals surface area contributed by atoms with Crippen molar-refractivity contribution in [2.24, 2.45) is 0 Å². The van der Waals surface area contributed by atoms with Gasteiger partial charge in [0, 0.05) is 5.56 Å². The summed E-state index contributed by atoms with van der Waals surface area (Å²) in [7, 11) is -2.14. The summed E-state index contributed by atoms with van der Waals surface area (Å²) in [6.45, 7) is 2.38. The third kappa shape index (κ3) is 3.92. The molecule has 2 aromatic carbocycles. The van der Waals surface area contributed by atoms with E-state index in [2.05, 4.69) is 4.72 Å². The summed E-state index contributed by atoms with van der Waals surface area (Å²) in [6, 6.07) is 13.5. The van der Waals surface area contributed by atoms with Crippen molar-refractivity contribution in [3.63, 3.8) is 0 Å². The molecule has 132 valence electrons. The van der Waals surface area contributed by atoms with E-state index in [1.807, 2.05) is 37.3 Å². The second kappa shape index (κ2) is 7.39. The molecule has 2 atom stereocenters. The molecule has 0 aromatic heterocycles. The summed E-state index contributed by atoms with van der Waals surface area (Å²) in [5, 5.41) is 0. The zero-order valence-electron chi connectivity index (χ0n) is 14.2. The number of hydrogen-bond acceptors (Lipinski definition) is 4. The van der Waals surface area contributed by atoms with Crippen LogP contribution in [-0.4, -0.2) is 28.2 Å². The molecular weight excluding hydrogens is 338 g/mol. The number of sulfonamides is 1. The van der Waals surface area contributed by atoms with Gasteiger partial charge >= 0.3 is 0 Å². The minimum absolute atomic E-state index is 0.222. The molecule has 0 bridgehead atoms. The SMILES string of the molecule is COc1ccccc1[C@H](NS(=O)(=O)c1ccc(C)cc1)[C@H]1C=CCO1. The molecule has 1 N–H and O–H groups in total. The number of aryl methyl sites for hydroxylation is 1. The van der Waals surface area contributed by atoms with Crippen molar-refractivity contribution < 1.29 is 17.9 Å². The summed E-state index contributed by atoms with van der Waals surface area (Å²) in [5.41, 5.74) is 1.74. The summed E-state index contributed by atoms with van der Waals surface area (Å²) in [6.07, 6.45) is 3.36. The lowest BCUT2D eigenvalue weighted by molar-refractivity contribution is 0.102. The first-order valence-electron chi connectivity index (χ1n) is 8.01. The van der Waals surface area contributed by atoms with Gasteiger partial charge < -0.3 is 9.47 Å². The summed E-state index contributed by atoms with van der Waals surface area (Å²) in [4.78, 5) is 0.222. The fraction of sp³-hybridized carbons (Fsp3) is 0.263. The van der Waals surface area contributed by atoms with E-state index in [9.17, 15) is 8.42 Å². The van der Waals surface area contributed by atoms with Crippen molar-refractivity contribution in [2.75, 3.05) is 13.7 Å². The first kappa shape index (κ1) is 17.7. The molecule has 1 heterocycles. The minimum Gasteiger partial charge on any atom is -0.496 e. The monoisotopic (exact) mass is 359 g/mol. The predicted molar refractivity (Wildman–Crippen MR) is 96.1 cm³/mol. The highest BCUT2D eigenvalue weighted by molar-refractivity contribution is 7.89. The van der Waals surface area contributed by atoms with Crippen molar-refractivity contribution >= 4 is 10.0 Å². The van der Waals surface area contributed by atoms with Gasteiger partial charge in [0.1, 0.15) is 5.75 Å². The van der Waals surface area contributed by atoms with Crippen LogP contribution in [0.1, 0.15) is 17.2 Å². The van der Waals surface area contributed by atoms with Crippen LogP contribution < -0.4 is 9.46 Å². The van der Waals surface area contributed by atoms with Crippen LogP contribution >= 0.6 is 0 Å². The Morgan fingerprint density at radius 3 is 2.52 bits per heavy atom. The smallest absolute Gasteiger partial charge is 0.241 e. The van der Waals surface area contributed by atoms with Gasteiger partial charge in [-0.1, -0.05) is 48.0 Å². The zero-order valence-corrected chi connectivity index (χ0v) is 15.0. The first-order chi connectivity index (χ1) is 12.0. The highest BCUT2D eigenvalue weighted by atomic mass is 32.2. The van der Waals surface area contributed by atoms with E-state index in [1.54, 1.807) is 37.4 Å². The predicted octanol–water partition coefficient (Wildman–Crippen LogP) is 2.98. The Morgan fingerprint density at radius 2 is 1.88 bits per heavy atom. The van der Waals surface area contributed by atoms with Gasteiger partial charge in [-0.05, 0) is 25.1 Å². The van der Waals surface area contributed by atoms with E-state index >= 15 is 0 Å². The van der Waals surface area contributed by atoms with E-state index in [0.29, 0.717) is 12.4 Å². The molecule has 0 fully saturated rings. The Hall–Kier alpha value is -2.15. The average molecular weight is 359 g/mol. The first-order valence-corrected chi connectivity index (χ1v) is 9.50. The van der Waals surface area contributed by atoms with Gasteiger partial charge in [-0.3, -0.25) is 0 Å². The number of nitrogens with one attached hydrogen (secondary N) is 1. The van der Waals surface area contributed by atoms with Crippen molar-refractivity contribution in [2.45, 2.75) is 24.0 Å². The lowest BCUT2D eigenvalue weighted by Crippen LogP contribution is -2.36.